The minimum absolute atomic E-state index is 0.0287. The van der Waals surface area contributed by atoms with Crippen LogP contribution in [0.25, 0.3) is 0 Å². The minimum Gasteiger partial charge on any atom is -0.379 e. The van der Waals surface area contributed by atoms with E-state index in [-0.39, 0.29) is 90.6 Å². The van der Waals surface area contributed by atoms with Gasteiger partial charge in [-0.15, -0.1) is 0 Å². The lowest BCUT2D eigenvalue weighted by Gasteiger charge is -2.18. The fourth-order valence-electron chi connectivity index (χ4n) is 6.76. The Balaban J connectivity index is 0.000000417. The standard InChI is InChI=1S/C28H42N8O5S2.C17H28N2O6/c1-3-12-29-23(38)16-36(2)24(39)15-32-28(42)33-19-10-8-18(9-11-19)26(40)31-14-13-30-22(37)7-5-4-6-21-25-20(17-43-21)34-27(41)35-25;1-2-23-11-12-25-14-13-24-10-4-8-18-15(20)5-3-9-19-16(21)6-7-17(19)22/h8-11,20-21,25H,3-7,12-17H2,1-2H3,(H,29,38)(H,30,37)(H,31,40)(H2,32,33,42)(H2,34,35,41);6-7H,2-5,8-14H2,1H3,(H,18,20)/t20-,21-,25-;/m0./s1. The Kier molecular flexibility index (Phi) is 27.8. The molecule has 1 aromatic carbocycles. The average molecular weight is 991 g/mol. The highest BCUT2D eigenvalue weighted by molar-refractivity contribution is 8.00. The van der Waals surface area contributed by atoms with Crippen molar-refractivity contribution in [3.63, 3.8) is 0 Å². The smallest absolute Gasteiger partial charge is 0.315 e. The largest absolute Gasteiger partial charge is 0.379 e. The highest BCUT2D eigenvalue weighted by atomic mass is 32.2. The van der Waals surface area contributed by atoms with Crippen molar-refractivity contribution >= 4 is 82.2 Å². The van der Waals surface area contributed by atoms with Crippen molar-refractivity contribution in [1.29, 1.82) is 0 Å². The molecule has 0 aromatic heterocycles. The van der Waals surface area contributed by atoms with Crippen molar-refractivity contribution in [3.05, 3.63) is 42.0 Å². The lowest BCUT2D eigenvalue weighted by Crippen LogP contribution is -2.43. The number of hydrogen-bond acceptors (Lipinski definition) is 13. The van der Waals surface area contributed by atoms with Gasteiger partial charge in [-0.3, -0.25) is 38.5 Å². The number of carbonyl (C=O) groups is 8. The summed E-state index contributed by atoms with van der Waals surface area (Å²) in [7, 11) is 1.55. The van der Waals surface area contributed by atoms with E-state index in [2.05, 4.69) is 42.5 Å². The second kappa shape index (κ2) is 33.2. The van der Waals surface area contributed by atoms with Gasteiger partial charge in [0.15, 0.2) is 5.11 Å². The Bertz CT molecular complexity index is 1820. The number of imide groups is 1. The molecule has 3 aliphatic heterocycles. The van der Waals surface area contributed by atoms with Crippen LogP contribution in [0.1, 0.15) is 75.6 Å². The summed E-state index contributed by atoms with van der Waals surface area (Å²) in [6.07, 6.45) is 7.85. The molecular formula is C45H70N10O11S2. The Morgan fingerprint density at radius 2 is 1.38 bits per heavy atom. The molecule has 2 fully saturated rings. The molecule has 21 nitrogen and oxygen atoms in total. The summed E-state index contributed by atoms with van der Waals surface area (Å²) in [5.41, 5.74) is 1.09. The first-order valence-corrected chi connectivity index (χ1v) is 24.7. The molecule has 9 amide bonds. The summed E-state index contributed by atoms with van der Waals surface area (Å²) in [6.45, 7) is 9.26. The first kappa shape index (κ1) is 57.0. The predicted molar refractivity (Wildman–Crippen MR) is 262 cm³/mol. The molecule has 0 saturated carbocycles. The number of likely N-dealkylation sites (N-methyl/N-ethyl adjacent to an activating group) is 1. The van der Waals surface area contributed by atoms with Crippen molar-refractivity contribution in [2.24, 2.45) is 0 Å². The summed E-state index contributed by atoms with van der Waals surface area (Å²) < 4.78 is 15.8. The van der Waals surface area contributed by atoms with Crippen LogP contribution in [0.5, 0.6) is 0 Å². The summed E-state index contributed by atoms with van der Waals surface area (Å²) in [4.78, 5) is 96.8. The molecule has 2 saturated heterocycles. The normalized spacial score (nSPS) is 16.7. The molecule has 0 bridgehead atoms. The summed E-state index contributed by atoms with van der Waals surface area (Å²) >= 11 is 7.11. The first-order valence-electron chi connectivity index (χ1n) is 23.2. The number of thioether (sulfide) groups is 1. The number of anilines is 1. The number of nitrogens with zero attached hydrogens (tertiary/aromatic N) is 2. The molecule has 0 unspecified atom stereocenters. The highest BCUT2D eigenvalue weighted by Crippen LogP contribution is 2.33. The van der Waals surface area contributed by atoms with E-state index < -0.39 is 0 Å². The van der Waals surface area contributed by atoms with Gasteiger partial charge >= 0.3 is 6.03 Å². The number of nitrogens with one attached hydrogen (secondary N) is 8. The maximum atomic E-state index is 12.4. The van der Waals surface area contributed by atoms with E-state index in [1.807, 2.05) is 25.6 Å². The third kappa shape index (κ3) is 23.1. The van der Waals surface area contributed by atoms with Crippen molar-refractivity contribution in [1.82, 2.24) is 47.0 Å². The third-order valence-electron chi connectivity index (χ3n) is 10.4. The van der Waals surface area contributed by atoms with E-state index in [0.29, 0.717) is 95.2 Å². The third-order valence-corrected chi connectivity index (χ3v) is 12.2. The average Bonchev–Trinajstić information content (AvgIpc) is 3.99. The van der Waals surface area contributed by atoms with Gasteiger partial charge in [0.05, 0.1) is 51.6 Å². The van der Waals surface area contributed by atoms with Gasteiger partial charge in [-0.1, -0.05) is 13.3 Å². The maximum Gasteiger partial charge on any atom is 0.315 e. The second-order valence-electron chi connectivity index (χ2n) is 15.8. The molecule has 4 rings (SSSR count). The van der Waals surface area contributed by atoms with Gasteiger partial charge in [-0.2, -0.15) is 11.8 Å². The lowest BCUT2D eigenvalue weighted by molar-refractivity contribution is -0.137. The predicted octanol–water partition coefficient (Wildman–Crippen LogP) is 0.797. The van der Waals surface area contributed by atoms with Gasteiger partial charge in [0.2, 0.25) is 23.6 Å². The van der Waals surface area contributed by atoms with Crippen LogP contribution < -0.4 is 42.5 Å². The van der Waals surface area contributed by atoms with E-state index >= 15 is 0 Å². The molecule has 8 N–H and O–H groups in total. The summed E-state index contributed by atoms with van der Waals surface area (Å²) in [6, 6.07) is 6.98. The van der Waals surface area contributed by atoms with Crippen LogP contribution >= 0.6 is 24.0 Å². The number of benzene rings is 1. The second-order valence-corrected chi connectivity index (χ2v) is 17.5. The van der Waals surface area contributed by atoms with Gasteiger partial charge < -0.3 is 61.6 Å². The Morgan fingerprint density at radius 3 is 2.07 bits per heavy atom. The Morgan fingerprint density at radius 1 is 0.750 bits per heavy atom. The zero-order chi connectivity index (χ0) is 49.5. The van der Waals surface area contributed by atoms with E-state index in [1.165, 1.54) is 17.1 Å². The molecule has 23 heteroatoms. The molecule has 0 spiro atoms. The molecule has 3 heterocycles. The van der Waals surface area contributed by atoms with Gasteiger partial charge in [-0.25, -0.2) is 4.79 Å². The van der Waals surface area contributed by atoms with Gasteiger partial charge in [-0.05, 0) is 75.5 Å². The quantitative estimate of drug-likeness (QED) is 0.0221. The van der Waals surface area contributed by atoms with Crippen LogP contribution in [0, 0.1) is 0 Å². The number of rotatable bonds is 31. The fourth-order valence-corrected chi connectivity index (χ4v) is 8.49. The van der Waals surface area contributed by atoms with Crippen molar-refractivity contribution in [2.75, 3.05) is 104 Å². The number of thiocarbonyl (C=S) groups is 1. The maximum absolute atomic E-state index is 12.4. The van der Waals surface area contributed by atoms with E-state index in [9.17, 15) is 38.4 Å². The first-order chi connectivity index (χ1) is 32.8. The Hall–Kier alpha value is -5.36. The van der Waals surface area contributed by atoms with Crippen LogP contribution in [0.2, 0.25) is 0 Å². The van der Waals surface area contributed by atoms with Crippen LogP contribution in [0.15, 0.2) is 36.4 Å². The number of carbonyl (C=O) groups excluding carboxylic acids is 8. The van der Waals surface area contributed by atoms with E-state index in [0.717, 1.165) is 42.8 Å². The number of hydrogen-bond donors (Lipinski definition) is 8. The molecule has 0 radical (unpaired) electrons. The monoisotopic (exact) mass is 990 g/mol. The van der Waals surface area contributed by atoms with Crippen LogP contribution in [0.4, 0.5) is 10.5 Å². The van der Waals surface area contributed by atoms with Gasteiger partial charge in [0.25, 0.3) is 17.7 Å². The topological polar surface area (TPSA) is 267 Å². The van der Waals surface area contributed by atoms with E-state index in [1.54, 1.807) is 31.3 Å². The number of fused-ring (bicyclic) bond motifs is 1. The summed E-state index contributed by atoms with van der Waals surface area (Å²) in [5.74, 6) is -0.606. The fraction of sp³-hybridized carbons (Fsp3) is 0.622. The van der Waals surface area contributed by atoms with E-state index in [4.69, 9.17) is 26.4 Å². The molecule has 378 valence electrons. The van der Waals surface area contributed by atoms with Gasteiger partial charge in [0, 0.05) is 100 Å². The number of unbranched alkanes of at least 4 members (excludes halogenated alkanes) is 1. The van der Waals surface area contributed by atoms with Crippen molar-refractivity contribution < 1.29 is 52.6 Å². The van der Waals surface area contributed by atoms with Crippen molar-refractivity contribution in [2.45, 2.75) is 82.5 Å². The van der Waals surface area contributed by atoms with Gasteiger partial charge in [0.1, 0.15) is 0 Å². The van der Waals surface area contributed by atoms with Crippen LogP contribution in [-0.4, -0.2) is 178 Å². The number of amides is 9. The highest BCUT2D eigenvalue weighted by Gasteiger charge is 2.42. The number of ether oxygens (including phenoxy) is 3. The molecule has 3 aliphatic rings. The van der Waals surface area contributed by atoms with Crippen molar-refractivity contribution in [3.8, 4) is 0 Å². The molecule has 3 atom stereocenters. The zero-order valence-corrected chi connectivity index (χ0v) is 41.1. The van der Waals surface area contributed by atoms with Crippen LogP contribution in [0.3, 0.4) is 0 Å². The Labute approximate surface area is 408 Å². The minimum atomic E-state index is -0.315. The molecule has 68 heavy (non-hydrogen) atoms. The zero-order valence-electron chi connectivity index (χ0n) is 39.5. The lowest BCUT2D eigenvalue weighted by atomic mass is 10.0. The number of urea groups is 1. The van der Waals surface area contributed by atoms with Crippen LogP contribution in [-0.2, 0) is 43.0 Å². The summed E-state index contributed by atoms with van der Waals surface area (Å²) in [5, 5.41) is 23.4. The molecule has 1 aromatic rings. The molecular weight excluding hydrogens is 921 g/mol. The molecule has 0 aliphatic carbocycles. The SMILES string of the molecule is CCCNC(=O)CN(C)C(=O)CNC(=S)Nc1ccc(C(=O)NCCNC(=O)CCCC[C@@H]2SC[C@@H]3NC(=O)N[C@@H]32)cc1.CCOCCOCCOCCCNC(=O)CCCN1C(=O)C=CC1=O.